The monoisotopic (exact) mass is 613 g/mol. The van der Waals surface area contributed by atoms with E-state index in [1.165, 1.54) is 24.4 Å². The van der Waals surface area contributed by atoms with Gasteiger partial charge in [0.15, 0.2) is 5.03 Å². The third-order valence-corrected chi connectivity index (χ3v) is 8.55. The van der Waals surface area contributed by atoms with Gasteiger partial charge in [-0.3, -0.25) is 14.5 Å². The highest BCUT2D eigenvalue weighted by molar-refractivity contribution is 7.92. The van der Waals surface area contributed by atoms with Crippen LogP contribution < -0.4 is 9.62 Å². The molecule has 0 spiro atoms. The zero-order valence-corrected chi connectivity index (χ0v) is 24.3. The number of benzene rings is 1. The molecular weight excluding hydrogens is 583 g/mol. The molecule has 0 unspecified atom stereocenters. The Labute approximate surface area is 247 Å². The lowest BCUT2D eigenvalue weighted by atomic mass is 9.80. The maximum Gasteiger partial charge on any atom is 0.418 e. The van der Waals surface area contributed by atoms with Crippen LogP contribution in [0.25, 0.3) is 16.8 Å². The number of carboxylic acids is 1. The van der Waals surface area contributed by atoms with Crippen molar-refractivity contribution in [2.45, 2.75) is 37.9 Å². The van der Waals surface area contributed by atoms with Gasteiger partial charge in [-0.2, -0.15) is 21.6 Å². The number of nitrogens with zero attached hydrogens (tertiary/aromatic N) is 4. The number of allylic oxidation sites excluding steroid dienone is 3. The van der Waals surface area contributed by atoms with Crippen LogP contribution >= 0.6 is 0 Å². The number of aliphatic imine (C=N–C) groups is 1. The molecule has 0 atom stereocenters. The summed E-state index contributed by atoms with van der Waals surface area (Å²) < 4.78 is 71.3. The van der Waals surface area contributed by atoms with Gasteiger partial charge in [-0.1, -0.05) is 36.4 Å². The summed E-state index contributed by atoms with van der Waals surface area (Å²) in [6.45, 7) is 7.50. The van der Waals surface area contributed by atoms with Gasteiger partial charge in [0.05, 0.1) is 16.7 Å². The van der Waals surface area contributed by atoms with Gasteiger partial charge in [0.1, 0.15) is 11.6 Å². The summed E-state index contributed by atoms with van der Waals surface area (Å²) in [5.41, 5.74) is -1.25. The summed E-state index contributed by atoms with van der Waals surface area (Å²) in [5, 5.41) is 9.12. The Morgan fingerprint density at radius 1 is 1.09 bits per heavy atom. The number of anilines is 2. The third-order valence-electron chi connectivity index (χ3n) is 7.29. The number of sulfonamides is 1. The van der Waals surface area contributed by atoms with Crippen molar-refractivity contribution < 1.29 is 31.5 Å². The van der Waals surface area contributed by atoms with Crippen molar-refractivity contribution in [3.63, 3.8) is 0 Å². The third kappa shape index (κ3) is 6.94. The van der Waals surface area contributed by atoms with Crippen molar-refractivity contribution in [3.05, 3.63) is 84.1 Å². The van der Waals surface area contributed by atoms with Crippen molar-refractivity contribution >= 4 is 39.9 Å². The molecule has 1 aromatic carbocycles. The average molecular weight is 614 g/mol. The molecule has 0 aliphatic carbocycles. The molecule has 2 N–H and O–H groups in total. The molecule has 43 heavy (non-hydrogen) atoms. The number of nitrogens with one attached hydrogen (secondary N) is 1. The van der Waals surface area contributed by atoms with E-state index in [1.54, 1.807) is 55.2 Å². The fraction of sp³-hybridized carbons (Fsp3) is 0.267. The quantitative estimate of drug-likeness (QED) is 0.215. The lowest BCUT2D eigenvalue weighted by Crippen LogP contribution is -2.43. The maximum atomic E-state index is 14.1. The minimum absolute atomic E-state index is 0.135. The topological polar surface area (TPSA) is 125 Å². The van der Waals surface area contributed by atoms with E-state index in [4.69, 9.17) is 0 Å². The van der Waals surface area contributed by atoms with Crippen molar-refractivity contribution in [2.24, 2.45) is 10.4 Å². The zero-order chi connectivity index (χ0) is 31.4. The van der Waals surface area contributed by atoms with Crippen LogP contribution in [-0.4, -0.2) is 49.3 Å². The van der Waals surface area contributed by atoms with Crippen LogP contribution in [0.4, 0.5) is 24.8 Å². The molecule has 2 aromatic heterocycles. The molecule has 1 aliphatic heterocycles. The second-order valence-electron chi connectivity index (χ2n) is 10.2. The fourth-order valence-corrected chi connectivity index (χ4v) is 5.69. The second-order valence-corrected chi connectivity index (χ2v) is 11.8. The molecule has 4 rings (SSSR count). The van der Waals surface area contributed by atoms with E-state index in [0.29, 0.717) is 42.9 Å². The minimum atomic E-state index is -4.78. The van der Waals surface area contributed by atoms with Gasteiger partial charge in [0.25, 0.3) is 10.0 Å². The van der Waals surface area contributed by atoms with Crippen molar-refractivity contribution in [2.75, 3.05) is 22.7 Å². The summed E-state index contributed by atoms with van der Waals surface area (Å²) in [6, 6.07) is 12.4. The zero-order valence-electron chi connectivity index (χ0n) is 23.5. The number of aliphatic carboxylic acids is 1. The van der Waals surface area contributed by atoms with Crippen LogP contribution in [0.1, 0.15) is 37.8 Å². The van der Waals surface area contributed by atoms with E-state index >= 15 is 0 Å². The molecule has 0 saturated carbocycles. The van der Waals surface area contributed by atoms with Crippen LogP contribution in [0.15, 0.2) is 83.0 Å². The van der Waals surface area contributed by atoms with Gasteiger partial charge in [-0.25, -0.2) is 9.97 Å². The van der Waals surface area contributed by atoms with E-state index < -0.39 is 38.8 Å². The Bertz CT molecular complexity index is 1700. The first-order valence-electron chi connectivity index (χ1n) is 13.2. The summed E-state index contributed by atoms with van der Waals surface area (Å²) in [4.78, 5) is 25.4. The van der Waals surface area contributed by atoms with Crippen LogP contribution in [0, 0.1) is 5.41 Å². The number of rotatable bonds is 9. The summed E-state index contributed by atoms with van der Waals surface area (Å²) in [6.07, 6.45) is 0.632. The maximum absolute atomic E-state index is 14.1. The molecule has 1 fully saturated rings. The normalized spacial score (nSPS) is 15.8. The second kappa shape index (κ2) is 12.4. The van der Waals surface area contributed by atoms with Crippen LogP contribution in [0.5, 0.6) is 0 Å². The van der Waals surface area contributed by atoms with Crippen molar-refractivity contribution in [3.8, 4) is 11.3 Å². The first kappa shape index (κ1) is 31.4. The van der Waals surface area contributed by atoms with Gasteiger partial charge >= 0.3 is 12.1 Å². The number of aromatic nitrogens is 2. The van der Waals surface area contributed by atoms with E-state index in [2.05, 4.69) is 26.4 Å². The first-order valence-corrected chi connectivity index (χ1v) is 14.7. The summed E-state index contributed by atoms with van der Waals surface area (Å²) >= 11 is 0. The van der Waals surface area contributed by atoms with Gasteiger partial charge in [-0.05, 0) is 74.9 Å². The Kier molecular flexibility index (Phi) is 9.04. The molecule has 226 valence electrons. The molecule has 3 aromatic rings. The predicted octanol–water partition coefficient (Wildman–Crippen LogP) is 6.27. The fourth-order valence-electron chi connectivity index (χ4n) is 4.73. The lowest BCUT2D eigenvalue weighted by molar-refractivity contribution is -0.149. The van der Waals surface area contributed by atoms with Gasteiger partial charge in [0.2, 0.25) is 0 Å². The summed E-state index contributed by atoms with van der Waals surface area (Å²) in [7, 11) is -4.37. The SMILES string of the molecule is C=N/C=C\C(=C/C)c1ccccc1-c1nc(NS(=O)(=O)c2cccc(N3CCC(C)(C(=O)O)CC3)n2)ccc1C(F)(F)F. The number of carbonyl (C=O) groups is 1. The molecule has 9 nitrogen and oxygen atoms in total. The number of pyridine rings is 2. The van der Waals surface area contributed by atoms with Crippen LogP contribution in [-0.2, 0) is 21.0 Å². The smallest absolute Gasteiger partial charge is 0.418 e. The van der Waals surface area contributed by atoms with Crippen LogP contribution in [0.2, 0.25) is 0 Å². The largest absolute Gasteiger partial charge is 0.481 e. The van der Waals surface area contributed by atoms with Crippen molar-refractivity contribution in [1.82, 2.24) is 9.97 Å². The molecular formula is C30H30F3N5O4S. The van der Waals surface area contributed by atoms with Crippen molar-refractivity contribution in [1.29, 1.82) is 0 Å². The average Bonchev–Trinajstić information content (AvgIpc) is 2.97. The number of halogens is 3. The number of carboxylic acid groups (broad SMARTS) is 1. The number of piperidine rings is 1. The predicted molar refractivity (Wildman–Crippen MR) is 159 cm³/mol. The van der Waals surface area contributed by atoms with E-state index in [9.17, 15) is 31.5 Å². The van der Waals surface area contributed by atoms with E-state index in [-0.39, 0.29) is 16.4 Å². The number of hydrogen-bond acceptors (Lipinski definition) is 7. The van der Waals surface area contributed by atoms with Gasteiger partial charge < -0.3 is 10.0 Å². The highest BCUT2D eigenvalue weighted by Crippen LogP contribution is 2.40. The highest BCUT2D eigenvalue weighted by atomic mass is 32.2. The molecule has 13 heteroatoms. The van der Waals surface area contributed by atoms with Gasteiger partial charge in [0, 0.05) is 24.9 Å². The Balaban J connectivity index is 1.70. The van der Waals surface area contributed by atoms with E-state index in [0.717, 1.165) is 12.1 Å². The highest BCUT2D eigenvalue weighted by Gasteiger charge is 2.38. The number of hydrogen-bond donors (Lipinski definition) is 2. The summed E-state index contributed by atoms with van der Waals surface area (Å²) in [5.74, 6) is -0.879. The minimum Gasteiger partial charge on any atom is -0.481 e. The number of alkyl halides is 3. The molecule has 1 aliphatic rings. The lowest BCUT2D eigenvalue weighted by Gasteiger charge is -2.37. The Morgan fingerprint density at radius 3 is 2.42 bits per heavy atom. The Morgan fingerprint density at radius 2 is 1.79 bits per heavy atom. The first-order chi connectivity index (χ1) is 20.3. The molecule has 0 amide bonds. The molecule has 1 saturated heterocycles. The van der Waals surface area contributed by atoms with E-state index in [1.807, 2.05) is 0 Å². The Hall–Kier alpha value is -4.52. The molecule has 3 heterocycles. The molecule has 0 radical (unpaired) electrons. The van der Waals surface area contributed by atoms with Crippen LogP contribution in [0.3, 0.4) is 0 Å². The standard InChI is InChI=1S/C30H30F3N5O4S/c1-4-20(14-17-34-3)21-8-5-6-9-22(21)27-23(30(31,32)33)12-13-24(35-27)37-43(41,42)26-11-7-10-25(36-26)38-18-15-29(2,16-19-38)28(39)40/h4-14,17H,3,15-16,18-19H2,1-2H3,(H,35,37)(H,39,40)/b17-14-,20-4+. The molecule has 0 bridgehead atoms. The van der Waals surface area contributed by atoms with Gasteiger partial charge in [-0.15, -0.1) is 0 Å².